The molecule has 106 valence electrons. The van der Waals surface area contributed by atoms with Crippen LogP contribution in [-0.2, 0) is 9.53 Å². The van der Waals surface area contributed by atoms with Crippen molar-refractivity contribution < 1.29 is 22.7 Å². The molecule has 0 aromatic heterocycles. The van der Waals surface area contributed by atoms with Crippen LogP contribution in [0, 0.1) is 5.92 Å². The summed E-state index contributed by atoms with van der Waals surface area (Å²) in [5.74, 6) is -1.74. The largest absolute Gasteiger partial charge is 0.471 e. The lowest BCUT2D eigenvalue weighted by Gasteiger charge is -2.35. The molecule has 1 unspecified atom stereocenters. The predicted octanol–water partition coefficient (Wildman–Crippen LogP) is 1.37. The lowest BCUT2D eigenvalue weighted by Crippen LogP contribution is -2.45. The fourth-order valence-electron chi connectivity index (χ4n) is 2.01. The molecule has 0 spiro atoms. The van der Waals surface area contributed by atoms with Crippen molar-refractivity contribution >= 4 is 5.91 Å². The number of ether oxygens (including phenoxy) is 1. The van der Waals surface area contributed by atoms with Crippen molar-refractivity contribution in [1.82, 2.24) is 10.2 Å². The Labute approximate surface area is 104 Å². The maximum absolute atomic E-state index is 12.0. The van der Waals surface area contributed by atoms with Crippen LogP contribution in [0.3, 0.4) is 0 Å². The first-order valence-electron chi connectivity index (χ1n) is 5.96. The highest BCUT2D eigenvalue weighted by molar-refractivity contribution is 5.81. The summed E-state index contributed by atoms with van der Waals surface area (Å²) >= 11 is 0. The molecule has 4 nitrogen and oxygen atoms in total. The van der Waals surface area contributed by atoms with Crippen molar-refractivity contribution in [2.24, 2.45) is 5.92 Å². The van der Waals surface area contributed by atoms with Gasteiger partial charge in [0, 0.05) is 26.7 Å². The molecule has 1 saturated heterocycles. The quantitative estimate of drug-likeness (QED) is 0.837. The Kier molecular flexibility index (Phi) is 5.40. The average molecular weight is 268 g/mol. The van der Waals surface area contributed by atoms with Crippen molar-refractivity contribution in [2.45, 2.75) is 32.2 Å². The first kappa shape index (κ1) is 15.2. The molecular formula is C11H19F3N2O2. The molecule has 0 aromatic rings. The lowest BCUT2D eigenvalue weighted by molar-refractivity contribution is -0.173. The van der Waals surface area contributed by atoms with Gasteiger partial charge in [-0.25, -0.2) is 0 Å². The number of likely N-dealkylation sites (tertiary alicyclic amines) is 1. The van der Waals surface area contributed by atoms with E-state index in [1.165, 1.54) is 0 Å². The molecule has 1 aliphatic heterocycles. The molecule has 0 saturated carbocycles. The second-order valence-corrected chi connectivity index (χ2v) is 4.52. The SMILES string of the molecule is COC(C)N1CCC(CNC(=O)C(F)(F)F)CC1. The topological polar surface area (TPSA) is 41.6 Å². The monoisotopic (exact) mass is 268 g/mol. The minimum absolute atomic E-state index is 0.0238. The number of hydrogen-bond donors (Lipinski definition) is 1. The second-order valence-electron chi connectivity index (χ2n) is 4.52. The van der Waals surface area contributed by atoms with Crippen molar-refractivity contribution in [3.8, 4) is 0 Å². The highest BCUT2D eigenvalue weighted by atomic mass is 19.4. The van der Waals surface area contributed by atoms with Crippen molar-refractivity contribution in [1.29, 1.82) is 0 Å². The Bertz CT molecular complexity index is 276. The molecule has 1 aliphatic rings. The van der Waals surface area contributed by atoms with Crippen LogP contribution in [-0.4, -0.2) is 50.0 Å². The van der Waals surface area contributed by atoms with Gasteiger partial charge in [0.25, 0.3) is 0 Å². The van der Waals surface area contributed by atoms with E-state index in [2.05, 4.69) is 4.90 Å². The molecule has 0 aromatic carbocycles. The van der Waals surface area contributed by atoms with Crippen LogP contribution in [0.5, 0.6) is 0 Å². The fraction of sp³-hybridized carbons (Fsp3) is 0.909. The van der Waals surface area contributed by atoms with E-state index in [9.17, 15) is 18.0 Å². The van der Waals surface area contributed by atoms with Crippen LogP contribution in [0.25, 0.3) is 0 Å². The molecule has 1 amide bonds. The van der Waals surface area contributed by atoms with E-state index in [1.807, 2.05) is 12.2 Å². The third-order valence-corrected chi connectivity index (χ3v) is 3.31. The maximum atomic E-state index is 12.0. The number of nitrogens with zero attached hydrogens (tertiary/aromatic N) is 1. The van der Waals surface area contributed by atoms with Crippen molar-refractivity contribution in [2.75, 3.05) is 26.7 Å². The molecule has 1 N–H and O–H groups in total. The number of rotatable bonds is 4. The van der Waals surface area contributed by atoms with Crippen LogP contribution in [0.15, 0.2) is 0 Å². The summed E-state index contributed by atoms with van der Waals surface area (Å²) in [6, 6.07) is 0. The number of amides is 1. The van der Waals surface area contributed by atoms with E-state index in [0.29, 0.717) is 0 Å². The van der Waals surface area contributed by atoms with Gasteiger partial charge in [-0.15, -0.1) is 0 Å². The van der Waals surface area contributed by atoms with Gasteiger partial charge in [-0.2, -0.15) is 13.2 Å². The Hall–Kier alpha value is -0.820. The summed E-state index contributed by atoms with van der Waals surface area (Å²) in [4.78, 5) is 12.8. The summed E-state index contributed by atoms with van der Waals surface area (Å²) in [5.41, 5.74) is 0. The number of piperidine rings is 1. The standard InChI is InChI=1S/C11H19F3N2O2/c1-8(18-2)16-5-3-9(4-6-16)7-15-10(17)11(12,13)14/h8-9H,3-7H2,1-2H3,(H,15,17). The van der Waals surface area contributed by atoms with E-state index in [4.69, 9.17) is 4.74 Å². The fourth-order valence-corrected chi connectivity index (χ4v) is 2.01. The Morgan fingerprint density at radius 2 is 2.00 bits per heavy atom. The van der Waals surface area contributed by atoms with Gasteiger partial charge in [-0.05, 0) is 25.7 Å². The van der Waals surface area contributed by atoms with Gasteiger partial charge in [0.05, 0.1) is 0 Å². The maximum Gasteiger partial charge on any atom is 0.471 e. The van der Waals surface area contributed by atoms with E-state index in [-0.39, 0.29) is 18.7 Å². The highest BCUT2D eigenvalue weighted by Gasteiger charge is 2.38. The van der Waals surface area contributed by atoms with Crippen LogP contribution in [0.1, 0.15) is 19.8 Å². The third kappa shape index (κ3) is 4.45. The van der Waals surface area contributed by atoms with Crippen LogP contribution in [0.2, 0.25) is 0 Å². The van der Waals surface area contributed by atoms with Gasteiger partial charge in [0.2, 0.25) is 0 Å². The second kappa shape index (κ2) is 6.38. The number of methoxy groups -OCH3 is 1. The minimum atomic E-state index is -4.79. The smallest absolute Gasteiger partial charge is 0.367 e. The third-order valence-electron chi connectivity index (χ3n) is 3.31. The van der Waals surface area contributed by atoms with Crippen LogP contribution < -0.4 is 5.32 Å². The zero-order valence-electron chi connectivity index (χ0n) is 10.6. The molecule has 1 rings (SSSR count). The number of alkyl halides is 3. The van der Waals surface area contributed by atoms with Crippen molar-refractivity contribution in [3.63, 3.8) is 0 Å². The highest BCUT2D eigenvalue weighted by Crippen LogP contribution is 2.19. The van der Waals surface area contributed by atoms with Crippen LogP contribution in [0.4, 0.5) is 13.2 Å². The number of carbonyl (C=O) groups is 1. The summed E-state index contributed by atoms with van der Waals surface area (Å²) in [6.07, 6.45) is -3.22. The van der Waals surface area contributed by atoms with Gasteiger partial charge < -0.3 is 10.1 Å². The van der Waals surface area contributed by atoms with E-state index < -0.39 is 12.1 Å². The number of nitrogens with one attached hydrogen (secondary N) is 1. The number of hydrogen-bond acceptors (Lipinski definition) is 3. The van der Waals surface area contributed by atoms with E-state index >= 15 is 0 Å². The summed E-state index contributed by atoms with van der Waals surface area (Å²) in [6.45, 7) is 3.59. The summed E-state index contributed by atoms with van der Waals surface area (Å²) < 4.78 is 41.1. The summed E-state index contributed by atoms with van der Waals surface area (Å²) in [5, 5.41) is 1.94. The van der Waals surface area contributed by atoms with Gasteiger partial charge in [-0.1, -0.05) is 0 Å². The van der Waals surface area contributed by atoms with Gasteiger partial charge in [0.15, 0.2) is 0 Å². The zero-order valence-corrected chi connectivity index (χ0v) is 10.6. The summed E-state index contributed by atoms with van der Waals surface area (Å²) in [7, 11) is 1.63. The molecule has 1 atom stereocenters. The molecule has 1 heterocycles. The number of carbonyl (C=O) groups excluding carboxylic acids is 1. The van der Waals surface area contributed by atoms with E-state index in [0.717, 1.165) is 25.9 Å². The molecular weight excluding hydrogens is 249 g/mol. The Balaban J connectivity index is 2.26. The predicted molar refractivity (Wildman–Crippen MR) is 59.8 cm³/mol. The number of halogens is 3. The van der Waals surface area contributed by atoms with Gasteiger partial charge in [0.1, 0.15) is 6.23 Å². The van der Waals surface area contributed by atoms with Crippen molar-refractivity contribution in [3.05, 3.63) is 0 Å². The first-order valence-corrected chi connectivity index (χ1v) is 5.96. The van der Waals surface area contributed by atoms with Crippen LogP contribution >= 0.6 is 0 Å². The minimum Gasteiger partial charge on any atom is -0.367 e. The lowest BCUT2D eigenvalue weighted by atomic mass is 9.96. The molecule has 1 fully saturated rings. The molecule has 0 bridgehead atoms. The Morgan fingerprint density at radius 1 is 1.44 bits per heavy atom. The Morgan fingerprint density at radius 3 is 2.44 bits per heavy atom. The zero-order chi connectivity index (χ0) is 13.8. The molecule has 0 radical (unpaired) electrons. The molecule has 7 heteroatoms. The van der Waals surface area contributed by atoms with E-state index in [1.54, 1.807) is 7.11 Å². The van der Waals surface area contributed by atoms with Gasteiger partial charge >= 0.3 is 12.1 Å². The average Bonchev–Trinajstić information content (AvgIpc) is 2.34. The molecule has 18 heavy (non-hydrogen) atoms. The first-order chi connectivity index (χ1) is 8.34. The molecule has 0 aliphatic carbocycles. The van der Waals surface area contributed by atoms with Gasteiger partial charge in [-0.3, -0.25) is 9.69 Å². The normalized spacial score (nSPS) is 20.7.